The molecule has 0 unspecified atom stereocenters. The van der Waals surface area contributed by atoms with Crippen LogP contribution in [0.25, 0.3) is 0 Å². The van der Waals surface area contributed by atoms with Gasteiger partial charge in [0.05, 0.1) is 6.54 Å². The van der Waals surface area contributed by atoms with Gasteiger partial charge in [-0.1, -0.05) is 0 Å². The largest absolute Gasteiger partial charge is 0.508 e. The third-order valence-corrected chi connectivity index (χ3v) is 2.62. The van der Waals surface area contributed by atoms with Gasteiger partial charge < -0.3 is 20.2 Å². The van der Waals surface area contributed by atoms with Crippen molar-refractivity contribution in [3.63, 3.8) is 0 Å². The average Bonchev–Trinajstić information content (AvgIpc) is 2.86. The van der Waals surface area contributed by atoms with E-state index < -0.39 is 0 Å². The molecule has 0 fully saturated rings. The smallest absolute Gasteiger partial charge is 0.293 e. The van der Waals surface area contributed by atoms with Gasteiger partial charge in [-0.15, -0.1) is 0 Å². The second-order valence-corrected chi connectivity index (χ2v) is 3.85. The van der Waals surface area contributed by atoms with Crippen molar-refractivity contribution in [3.8, 4) is 5.75 Å². The number of anilines is 1. The first-order valence-electron chi connectivity index (χ1n) is 5.47. The third-order valence-electron chi connectivity index (χ3n) is 2.62. The lowest BCUT2D eigenvalue weighted by Crippen LogP contribution is -2.25. The molecule has 1 aromatic heterocycles. The fourth-order valence-electron chi connectivity index (χ4n) is 1.56. The van der Waals surface area contributed by atoms with Crippen molar-refractivity contribution in [2.24, 2.45) is 5.73 Å². The van der Waals surface area contributed by atoms with Crippen LogP contribution in [0.15, 0.2) is 40.8 Å². The molecule has 0 saturated heterocycles. The predicted octanol–water partition coefficient (Wildman–Crippen LogP) is 1.72. The molecular weight excluding hydrogens is 232 g/mol. The maximum absolute atomic E-state index is 12.1. The normalized spacial score (nSPS) is 10.3. The van der Waals surface area contributed by atoms with Gasteiger partial charge in [0.15, 0.2) is 5.76 Å². The topological polar surface area (TPSA) is 79.7 Å². The van der Waals surface area contributed by atoms with E-state index in [0.29, 0.717) is 11.4 Å². The second kappa shape index (κ2) is 4.93. The zero-order chi connectivity index (χ0) is 13.1. The lowest BCUT2D eigenvalue weighted by molar-refractivity contribution is 0.0965. The Morgan fingerprint density at radius 2 is 1.94 bits per heavy atom. The first kappa shape index (κ1) is 12.2. The minimum Gasteiger partial charge on any atom is -0.508 e. The zero-order valence-corrected chi connectivity index (χ0v) is 9.96. The molecule has 0 aliphatic heterocycles. The van der Waals surface area contributed by atoms with E-state index in [1.807, 2.05) is 0 Å². The Morgan fingerprint density at radius 1 is 1.28 bits per heavy atom. The van der Waals surface area contributed by atoms with E-state index in [2.05, 4.69) is 0 Å². The molecule has 0 atom stereocenters. The van der Waals surface area contributed by atoms with Crippen LogP contribution in [-0.4, -0.2) is 18.1 Å². The van der Waals surface area contributed by atoms with E-state index in [1.165, 1.54) is 17.0 Å². The summed E-state index contributed by atoms with van der Waals surface area (Å²) in [5.41, 5.74) is 6.09. The van der Waals surface area contributed by atoms with E-state index in [4.69, 9.17) is 10.2 Å². The van der Waals surface area contributed by atoms with Crippen molar-refractivity contribution in [1.82, 2.24) is 0 Å². The number of hydrogen-bond acceptors (Lipinski definition) is 4. The fourth-order valence-corrected chi connectivity index (χ4v) is 1.56. The Morgan fingerprint density at radius 3 is 2.50 bits per heavy atom. The Kier molecular flexibility index (Phi) is 3.34. The van der Waals surface area contributed by atoms with Crippen molar-refractivity contribution < 1.29 is 14.3 Å². The molecule has 2 rings (SSSR count). The minimum atomic E-state index is -0.264. The molecular formula is C13H14N2O3. The summed E-state index contributed by atoms with van der Waals surface area (Å²) in [6.07, 6.45) is 0. The monoisotopic (exact) mass is 246 g/mol. The molecule has 94 valence electrons. The number of furan rings is 1. The maximum Gasteiger partial charge on any atom is 0.293 e. The number of nitrogens with zero attached hydrogens (tertiary/aromatic N) is 1. The van der Waals surface area contributed by atoms with Crippen molar-refractivity contribution in [1.29, 1.82) is 0 Å². The summed E-state index contributed by atoms with van der Waals surface area (Å²) in [6, 6.07) is 9.62. The Hall–Kier alpha value is -2.27. The molecule has 1 amide bonds. The molecule has 0 bridgehead atoms. The third kappa shape index (κ3) is 2.36. The maximum atomic E-state index is 12.1. The summed E-state index contributed by atoms with van der Waals surface area (Å²) in [5.74, 6) is 0.701. The number of benzene rings is 1. The first-order valence-corrected chi connectivity index (χ1v) is 5.47. The molecule has 0 spiro atoms. The molecule has 2 aromatic rings. The lowest BCUT2D eigenvalue weighted by atomic mass is 10.2. The summed E-state index contributed by atoms with van der Waals surface area (Å²) in [5, 5.41) is 9.19. The van der Waals surface area contributed by atoms with Crippen LogP contribution in [0.3, 0.4) is 0 Å². The quantitative estimate of drug-likeness (QED) is 0.864. The molecule has 3 N–H and O–H groups in total. The van der Waals surface area contributed by atoms with E-state index >= 15 is 0 Å². The molecule has 5 heteroatoms. The fraction of sp³-hybridized carbons (Fsp3) is 0.154. The van der Waals surface area contributed by atoms with Gasteiger partial charge in [0.2, 0.25) is 0 Å². The summed E-state index contributed by atoms with van der Waals surface area (Å²) in [7, 11) is 1.64. The number of hydrogen-bond donors (Lipinski definition) is 2. The van der Waals surface area contributed by atoms with Gasteiger partial charge >= 0.3 is 0 Å². The highest BCUT2D eigenvalue weighted by atomic mass is 16.4. The number of phenols is 1. The molecule has 0 aliphatic carbocycles. The Balaban J connectivity index is 2.20. The molecule has 0 saturated carbocycles. The summed E-state index contributed by atoms with van der Waals surface area (Å²) in [6.45, 7) is 0.260. The van der Waals surface area contributed by atoms with Crippen molar-refractivity contribution in [2.45, 2.75) is 6.54 Å². The van der Waals surface area contributed by atoms with Crippen LogP contribution in [0.5, 0.6) is 5.75 Å². The first-order chi connectivity index (χ1) is 8.61. The number of aromatic hydroxyl groups is 1. The van der Waals surface area contributed by atoms with Gasteiger partial charge in [-0.2, -0.15) is 0 Å². The van der Waals surface area contributed by atoms with Gasteiger partial charge in [-0.05, 0) is 36.4 Å². The number of nitrogens with two attached hydrogens (primary N) is 1. The number of amides is 1. The van der Waals surface area contributed by atoms with Crippen LogP contribution in [0.4, 0.5) is 5.69 Å². The average molecular weight is 246 g/mol. The predicted molar refractivity (Wildman–Crippen MR) is 67.4 cm³/mol. The minimum absolute atomic E-state index is 0.156. The van der Waals surface area contributed by atoms with Crippen molar-refractivity contribution in [2.75, 3.05) is 11.9 Å². The number of phenolic OH excluding ortho intramolecular Hbond substituents is 1. The van der Waals surface area contributed by atoms with E-state index in [0.717, 1.165) is 0 Å². The zero-order valence-electron chi connectivity index (χ0n) is 9.96. The highest BCUT2D eigenvalue weighted by Crippen LogP contribution is 2.19. The number of rotatable bonds is 3. The van der Waals surface area contributed by atoms with Crippen molar-refractivity contribution in [3.05, 3.63) is 47.9 Å². The summed E-state index contributed by atoms with van der Waals surface area (Å²) in [4.78, 5) is 13.5. The SMILES string of the molecule is CN(C(=O)c1ccc(CN)o1)c1ccc(O)cc1. The van der Waals surface area contributed by atoms with Crippen LogP contribution in [0.2, 0.25) is 0 Å². The van der Waals surface area contributed by atoms with Crippen LogP contribution in [0.1, 0.15) is 16.3 Å². The molecule has 1 aromatic carbocycles. The molecule has 18 heavy (non-hydrogen) atoms. The standard InChI is InChI=1S/C13H14N2O3/c1-15(9-2-4-10(16)5-3-9)13(17)12-7-6-11(8-14)18-12/h2-7,16H,8,14H2,1H3. The molecule has 0 aliphatic rings. The van der Waals surface area contributed by atoms with Crippen LogP contribution in [-0.2, 0) is 6.54 Å². The second-order valence-electron chi connectivity index (χ2n) is 3.85. The van der Waals surface area contributed by atoms with Gasteiger partial charge in [-0.25, -0.2) is 0 Å². The van der Waals surface area contributed by atoms with Crippen LogP contribution in [0, 0.1) is 0 Å². The molecule has 0 radical (unpaired) electrons. The Labute approximate surface area is 104 Å². The Bertz CT molecular complexity index is 546. The van der Waals surface area contributed by atoms with Gasteiger partial charge in [0.1, 0.15) is 11.5 Å². The number of carbonyl (C=O) groups is 1. The summed E-state index contributed by atoms with van der Waals surface area (Å²) < 4.78 is 5.30. The highest BCUT2D eigenvalue weighted by molar-refractivity contribution is 6.03. The van der Waals surface area contributed by atoms with Crippen LogP contribution >= 0.6 is 0 Å². The number of carbonyl (C=O) groups excluding carboxylic acids is 1. The van der Waals surface area contributed by atoms with E-state index in [-0.39, 0.29) is 24.0 Å². The van der Waals surface area contributed by atoms with Crippen LogP contribution < -0.4 is 10.6 Å². The van der Waals surface area contributed by atoms with Gasteiger partial charge in [0.25, 0.3) is 5.91 Å². The van der Waals surface area contributed by atoms with E-state index in [1.54, 1.807) is 31.3 Å². The van der Waals surface area contributed by atoms with Gasteiger partial charge in [0, 0.05) is 12.7 Å². The highest BCUT2D eigenvalue weighted by Gasteiger charge is 2.17. The summed E-state index contributed by atoms with van der Waals surface area (Å²) >= 11 is 0. The van der Waals surface area contributed by atoms with Crippen molar-refractivity contribution >= 4 is 11.6 Å². The van der Waals surface area contributed by atoms with Gasteiger partial charge in [-0.3, -0.25) is 4.79 Å². The lowest BCUT2D eigenvalue weighted by Gasteiger charge is -2.15. The molecule has 5 nitrogen and oxygen atoms in total. The van der Waals surface area contributed by atoms with E-state index in [9.17, 15) is 9.90 Å². The molecule has 1 heterocycles.